The lowest BCUT2D eigenvalue weighted by Gasteiger charge is -1.95. The highest BCUT2D eigenvalue weighted by Crippen LogP contribution is 1.91. The lowest BCUT2D eigenvalue weighted by molar-refractivity contribution is -0.142. The third-order valence-electron chi connectivity index (χ3n) is 1.16. The molecule has 0 heterocycles. The summed E-state index contributed by atoms with van der Waals surface area (Å²) in [5, 5.41) is 0. The number of allylic oxidation sites excluding steroid dienone is 1. The number of rotatable bonds is 5. The van der Waals surface area contributed by atoms with E-state index in [9.17, 15) is 9.59 Å². The van der Waals surface area contributed by atoms with E-state index in [0.29, 0.717) is 13.0 Å². The predicted octanol–water partition coefficient (Wildman–Crippen LogP) is 1.47. The number of hydrogen-bond donors (Lipinski definition) is 0. The van der Waals surface area contributed by atoms with Crippen LogP contribution in [-0.4, -0.2) is 18.4 Å². The molecule has 0 atom stereocenters. The first kappa shape index (κ1) is 10.9. The van der Waals surface area contributed by atoms with Gasteiger partial charge in [0.25, 0.3) is 0 Å². The van der Waals surface area contributed by atoms with Gasteiger partial charge in [-0.25, -0.2) is 0 Å². The van der Waals surface area contributed by atoms with Crippen LogP contribution < -0.4 is 0 Å². The van der Waals surface area contributed by atoms with Crippen molar-refractivity contribution in [3.05, 3.63) is 12.2 Å². The van der Waals surface area contributed by atoms with Gasteiger partial charge in [-0.05, 0) is 13.8 Å². The van der Waals surface area contributed by atoms with Crippen molar-refractivity contribution < 1.29 is 14.3 Å². The van der Waals surface area contributed by atoms with E-state index < -0.39 is 0 Å². The summed E-state index contributed by atoms with van der Waals surface area (Å²) >= 11 is 0. The van der Waals surface area contributed by atoms with Crippen LogP contribution in [0.1, 0.15) is 26.7 Å². The maximum absolute atomic E-state index is 10.7. The molecule has 3 heteroatoms. The number of Topliss-reactive ketones (excluding diaryl/α,β-unsaturated/α-hetero) is 1. The molecular weight excluding hydrogens is 156 g/mol. The van der Waals surface area contributed by atoms with Gasteiger partial charge in [-0.2, -0.15) is 0 Å². The summed E-state index contributed by atoms with van der Waals surface area (Å²) in [7, 11) is 0. The molecule has 12 heavy (non-hydrogen) atoms. The van der Waals surface area contributed by atoms with Crippen LogP contribution in [0.25, 0.3) is 0 Å². The van der Waals surface area contributed by atoms with Gasteiger partial charge in [0.2, 0.25) is 0 Å². The zero-order chi connectivity index (χ0) is 9.40. The minimum Gasteiger partial charge on any atom is -0.466 e. The third-order valence-corrected chi connectivity index (χ3v) is 1.16. The van der Waals surface area contributed by atoms with E-state index in [0.717, 1.165) is 0 Å². The molecule has 0 aromatic heterocycles. The van der Waals surface area contributed by atoms with Crippen molar-refractivity contribution in [2.45, 2.75) is 26.7 Å². The number of ketones is 1. The number of carbonyl (C=O) groups is 2. The first-order valence-electron chi connectivity index (χ1n) is 3.97. The Morgan fingerprint density at radius 1 is 1.25 bits per heavy atom. The van der Waals surface area contributed by atoms with Crippen molar-refractivity contribution in [2.75, 3.05) is 6.61 Å². The van der Waals surface area contributed by atoms with Crippen LogP contribution in [0.2, 0.25) is 0 Å². The molecule has 0 saturated carbocycles. The molecule has 3 nitrogen and oxygen atoms in total. The largest absolute Gasteiger partial charge is 0.466 e. The standard InChI is InChI=1S/C9H14O3/c1-3-12-9(11)7-5-4-6-8(2)10/h4-5H,3,6-7H2,1-2H3/b5-4+. The highest BCUT2D eigenvalue weighted by Gasteiger charge is 1.95. The SMILES string of the molecule is CCOC(=O)C/C=C/CC(C)=O. The van der Waals surface area contributed by atoms with E-state index >= 15 is 0 Å². The van der Waals surface area contributed by atoms with Gasteiger partial charge in [-0.3, -0.25) is 9.59 Å². The lowest BCUT2D eigenvalue weighted by Crippen LogP contribution is -2.01. The Balaban J connectivity index is 3.46. The molecule has 0 aromatic rings. The zero-order valence-electron chi connectivity index (χ0n) is 7.50. The van der Waals surface area contributed by atoms with E-state index in [1.165, 1.54) is 6.92 Å². The van der Waals surface area contributed by atoms with Crippen molar-refractivity contribution in [1.29, 1.82) is 0 Å². The normalized spacial score (nSPS) is 10.2. The molecule has 0 aliphatic carbocycles. The average molecular weight is 170 g/mol. The van der Waals surface area contributed by atoms with Gasteiger partial charge < -0.3 is 4.74 Å². The summed E-state index contributed by atoms with van der Waals surface area (Å²) in [5.74, 6) is -0.160. The molecule has 0 unspecified atom stereocenters. The summed E-state index contributed by atoms with van der Waals surface area (Å²) in [6.07, 6.45) is 3.97. The molecule has 0 spiro atoms. The van der Waals surface area contributed by atoms with Crippen molar-refractivity contribution in [1.82, 2.24) is 0 Å². The number of ether oxygens (including phenoxy) is 1. The number of carbonyl (C=O) groups excluding carboxylic acids is 2. The highest BCUT2D eigenvalue weighted by molar-refractivity contribution is 5.77. The van der Waals surface area contributed by atoms with Crippen LogP contribution in [-0.2, 0) is 14.3 Å². The van der Waals surface area contributed by atoms with E-state index in [1.807, 2.05) is 0 Å². The zero-order valence-corrected chi connectivity index (χ0v) is 7.50. The van der Waals surface area contributed by atoms with Gasteiger partial charge in [0, 0.05) is 6.42 Å². The van der Waals surface area contributed by atoms with Crippen LogP contribution >= 0.6 is 0 Å². The van der Waals surface area contributed by atoms with Crippen molar-refractivity contribution >= 4 is 11.8 Å². The molecular formula is C9H14O3. The van der Waals surface area contributed by atoms with Gasteiger partial charge >= 0.3 is 5.97 Å². The van der Waals surface area contributed by atoms with Crippen LogP contribution in [0.5, 0.6) is 0 Å². The molecule has 0 N–H and O–H groups in total. The molecule has 0 rings (SSSR count). The maximum Gasteiger partial charge on any atom is 0.309 e. The van der Waals surface area contributed by atoms with E-state index in [4.69, 9.17) is 0 Å². The Kier molecular flexibility index (Phi) is 5.97. The monoisotopic (exact) mass is 170 g/mol. The number of hydrogen-bond acceptors (Lipinski definition) is 3. The first-order valence-corrected chi connectivity index (χ1v) is 3.97. The van der Waals surface area contributed by atoms with Gasteiger partial charge in [-0.15, -0.1) is 0 Å². The molecule has 0 aliphatic heterocycles. The molecule has 0 saturated heterocycles. The molecule has 0 aromatic carbocycles. The smallest absolute Gasteiger partial charge is 0.309 e. The topological polar surface area (TPSA) is 43.4 Å². The first-order chi connectivity index (χ1) is 5.66. The Labute approximate surface area is 72.4 Å². The van der Waals surface area contributed by atoms with E-state index in [2.05, 4.69) is 4.74 Å². The molecule has 0 radical (unpaired) electrons. The van der Waals surface area contributed by atoms with Crippen LogP contribution in [0, 0.1) is 0 Å². The summed E-state index contributed by atoms with van der Waals surface area (Å²) in [4.78, 5) is 21.2. The van der Waals surface area contributed by atoms with Crippen LogP contribution in [0.15, 0.2) is 12.2 Å². The summed E-state index contributed by atoms with van der Waals surface area (Å²) in [6, 6.07) is 0. The Morgan fingerprint density at radius 3 is 2.33 bits per heavy atom. The van der Waals surface area contributed by atoms with Crippen molar-refractivity contribution in [3.8, 4) is 0 Å². The van der Waals surface area contributed by atoms with Crippen LogP contribution in [0.3, 0.4) is 0 Å². The summed E-state index contributed by atoms with van der Waals surface area (Å²) in [6.45, 7) is 3.67. The third kappa shape index (κ3) is 6.99. The van der Waals surface area contributed by atoms with Gasteiger partial charge in [0.15, 0.2) is 0 Å². The fourth-order valence-corrected chi connectivity index (χ4v) is 0.649. The Hall–Kier alpha value is -1.12. The van der Waals surface area contributed by atoms with Crippen LogP contribution in [0.4, 0.5) is 0 Å². The predicted molar refractivity (Wildman–Crippen MR) is 45.7 cm³/mol. The minimum absolute atomic E-state index is 0.0927. The quantitative estimate of drug-likeness (QED) is 0.463. The van der Waals surface area contributed by atoms with Gasteiger partial charge in [0.1, 0.15) is 5.78 Å². The van der Waals surface area contributed by atoms with Gasteiger partial charge in [-0.1, -0.05) is 12.2 Å². The Bertz CT molecular complexity index is 182. The fraction of sp³-hybridized carbons (Fsp3) is 0.556. The highest BCUT2D eigenvalue weighted by atomic mass is 16.5. The summed E-state index contributed by atoms with van der Waals surface area (Å²) in [5.41, 5.74) is 0. The van der Waals surface area contributed by atoms with E-state index in [-0.39, 0.29) is 18.2 Å². The second-order valence-corrected chi connectivity index (χ2v) is 2.39. The number of esters is 1. The molecule has 0 amide bonds. The van der Waals surface area contributed by atoms with Gasteiger partial charge in [0.05, 0.1) is 13.0 Å². The lowest BCUT2D eigenvalue weighted by atomic mass is 10.3. The maximum atomic E-state index is 10.7. The molecule has 68 valence electrons. The minimum atomic E-state index is -0.252. The molecule has 0 bridgehead atoms. The van der Waals surface area contributed by atoms with E-state index in [1.54, 1.807) is 19.1 Å². The Morgan fingerprint density at radius 2 is 1.83 bits per heavy atom. The summed E-state index contributed by atoms with van der Waals surface area (Å²) < 4.78 is 4.67. The molecule has 0 aliphatic rings. The molecule has 0 fully saturated rings. The average Bonchev–Trinajstić information content (AvgIpc) is 1.98. The fourth-order valence-electron chi connectivity index (χ4n) is 0.649. The second-order valence-electron chi connectivity index (χ2n) is 2.39. The second kappa shape index (κ2) is 6.58. The van der Waals surface area contributed by atoms with Crippen molar-refractivity contribution in [2.24, 2.45) is 0 Å². The van der Waals surface area contributed by atoms with Crippen molar-refractivity contribution in [3.63, 3.8) is 0 Å².